The quantitative estimate of drug-likeness (QED) is 0.389. The molecule has 0 aliphatic rings. The van der Waals surface area contributed by atoms with Crippen LogP contribution in [0.25, 0.3) is 0 Å². The van der Waals surface area contributed by atoms with E-state index in [0.717, 1.165) is 6.42 Å². The predicted molar refractivity (Wildman–Crippen MR) is 68.1 cm³/mol. The van der Waals surface area contributed by atoms with Crippen LogP contribution in [0.3, 0.4) is 0 Å². The van der Waals surface area contributed by atoms with Crippen LogP contribution >= 0.6 is 0 Å². The minimum absolute atomic E-state index is 0.259. The molecule has 16 heavy (non-hydrogen) atoms. The minimum Gasteiger partial charge on any atom is -0.466 e. The summed E-state index contributed by atoms with van der Waals surface area (Å²) in [6, 6.07) is 0. The van der Waals surface area contributed by atoms with Crippen LogP contribution in [0.15, 0.2) is 36.0 Å². The molecule has 0 radical (unpaired) electrons. The monoisotopic (exact) mass is 222 g/mol. The van der Waals surface area contributed by atoms with Crippen molar-refractivity contribution < 1.29 is 9.53 Å². The van der Waals surface area contributed by atoms with Crippen molar-refractivity contribution in [1.29, 1.82) is 0 Å². The molecule has 0 saturated heterocycles. The van der Waals surface area contributed by atoms with Crippen molar-refractivity contribution >= 4 is 5.97 Å². The third-order valence-electron chi connectivity index (χ3n) is 2.76. The molecule has 2 nitrogen and oxygen atoms in total. The van der Waals surface area contributed by atoms with Crippen LogP contribution in [0.1, 0.15) is 33.6 Å². The fourth-order valence-corrected chi connectivity index (χ4v) is 1.33. The minimum atomic E-state index is -0.259. The first-order chi connectivity index (χ1) is 7.56. The lowest BCUT2D eigenvalue weighted by Gasteiger charge is -2.10. The van der Waals surface area contributed by atoms with E-state index in [1.165, 1.54) is 12.7 Å². The van der Waals surface area contributed by atoms with Crippen molar-refractivity contribution in [3.63, 3.8) is 0 Å². The smallest absolute Gasteiger partial charge is 0.333 e. The highest BCUT2D eigenvalue weighted by Gasteiger charge is 2.08. The number of carbonyl (C=O) groups is 1. The summed E-state index contributed by atoms with van der Waals surface area (Å²) in [4.78, 5) is 11.4. The first kappa shape index (κ1) is 14.7. The van der Waals surface area contributed by atoms with E-state index in [1.807, 2.05) is 13.0 Å². The average Bonchev–Trinajstić information content (AvgIpc) is 2.31. The van der Waals surface area contributed by atoms with Crippen LogP contribution in [0.2, 0.25) is 0 Å². The molecule has 0 saturated carbocycles. The summed E-state index contributed by atoms with van der Waals surface area (Å²) < 4.78 is 4.71. The average molecular weight is 222 g/mol. The SMILES string of the molecule is C=CC/C(=C\CC(C)/C(C)=C/C)C(=O)OC. The zero-order valence-electron chi connectivity index (χ0n) is 10.7. The van der Waals surface area contributed by atoms with E-state index >= 15 is 0 Å². The predicted octanol–water partition coefficient (Wildman–Crippen LogP) is 3.65. The molecule has 0 aliphatic heterocycles. The molecule has 0 heterocycles. The lowest BCUT2D eigenvalue weighted by Crippen LogP contribution is -2.05. The highest BCUT2D eigenvalue weighted by Crippen LogP contribution is 2.17. The van der Waals surface area contributed by atoms with Crippen molar-refractivity contribution in [2.24, 2.45) is 5.92 Å². The van der Waals surface area contributed by atoms with Gasteiger partial charge in [-0.25, -0.2) is 4.79 Å². The van der Waals surface area contributed by atoms with Gasteiger partial charge in [0.05, 0.1) is 7.11 Å². The lowest BCUT2D eigenvalue weighted by molar-refractivity contribution is -0.136. The Morgan fingerprint density at radius 3 is 2.56 bits per heavy atom. The van der Waals surface area contributed by atoms with E-state index < -0.39 is 0 Å². The molecule has 0 aromatic carbocycles. The number of carbonyl (C=O) groups excluding carboxylic acids is 1. The number of allylic oxidation sites excluding steroid dienone is 4. The number of hydrogen-bond acceptors (Lipinski definition) is 2. The summed E-state index contributed by atoms with van der Waals surface area (Å²) >= 11 is 0. The molecule has 1 atom stereocenters. The number of methoxy groups -OCH3 is 1. The fourth-order valence-electron chi connectivity index (χ4n) is 1.33. The van der Waals surface area contributed by atoms with Gasteiger partial charge in [-0.3, -0.25) is 0 Å². The first-order valence-corrected chi connectivity index (χ1v) is 5.57. The van der Waals surface area contributed by atoms with Crippen LogP contribution < -0.4 is 0 Å². The maximum atomic E-state index is 11.4. The van der Waals surface area contributed by atoms with Gasteiger partial charge in [0, 0.05) is 5.57 Å². The van der Waals surface area contributed by atoms with Crippen molar-refractivity contribution in [3.8, 4) is 0 Å². The summed E-state index contributed by atoms with van der Waals surface area (Å²) in [5.74, 6) is 0.194. The molecule has 2 heteroatoms. The normalized spacial score (nSPS) is 14.5. The highest BCUT2D eigenvalue weighted by molar-refractivity contribution is 5.88. The molecule has 1 unspecified atom stereocenters. The van der Waals surface area contributed by atoms with Gasteiger partial charge >= 0.3 is 5.97 Å². The molecule has 0 aromatic rings. The summed E-state index contributed by atoms with van der Waals surface area (Å²) in [6.45, 7) is 9.91. The van der Waals surface area contributed by atoms with Crippen molar-refractivity contribution in [2.45, 2.75) is 33.6 Å². The van der Waals surface area contributed by atoms with Gasteiger partial charge in [0.25, 0.3) is 0 Å². The largest absolute Gasteiger partial charge is 0.466 e. The van der Waals surface area contributed by atoms with E-state index in [1.54, 1.807) is 6.08 Å². The Morgan fingerprint density at radius 2 is 2.12 bits per heavy atom. The van der Waals surface area contributed by atoms with E-state index in [9.17, 15) is 4.79 Å². The van der Waals surface area contributed by atoms with E-state index in [0.29, 0.717) is 17.9 Å². The topological polar surface area (TPSA) is 26.3 Å². The lowest BCUT2D eigenvalue weighted by atomic mass is 9.97. The Kier molecular flexibility index (Phi) is 7.27. The van der Waals surface area contributed by atoms with Gasteiger partial charge in [-0.1, -0.05) is 30.7 Å². The zero-order valence-corrected chi connectivity index (χ0v) is 10.7. The Bertz CT molecular complexity index is 298. The second-order valence-corrected chi connectivity index (χ2v) is 3.88. The van der Waals surface area contributed by atoms with Crippen LogP contribution in [0.5, 0.6) is 0 Å². The Labute approximate surface area is 98.7 Å². The first-order valence-electron chi connectivity index (χ1n) is 5.57. The van der Waals surface area contributed by atoms with Crippen LogP contribution in [0.4, 0.5) is 0 Å². The molecule has 0 spiro atoms. The maximum absolute atomic E-state index is 11.4. The third-order valence-corrected chi connectivity index (χ3v) is 2.76. The third kappa shape index (κ3) is 4.96. The summed E-state index contributed by atoms with van der Waals surface area (Å²) in [5.41, 5.74) is 2.02. The second kappa shape index (κ2) is 7.91. The van der Waals surface area contributed by atoms with Crippen LogP contribution in [0, 0.1) is 5.92 Å². The molecule has 90 valence electrons. The molecule has 0 rings (SSSR count). The van der Waals surface area contributed by atoms with Gasteiger partial charge in [-0.05, 0) is 32.6 Å². The van der Waals surface area contributed by atoms with E-state index in [2.05, 4.69) is 26.5 Å². The van der Waals surface area contributed by atoms with Crippen molar-refractivity contribution in [3.05, 3.63) is 36.0 Å². The van der Waals surface area contributed by atoms with Crippen molar-refractivity contribution in [2.75, 3.05) is 7.11 Å². The fraction of sp³-hybridized carbons (Fsp3) is 0.500. The molecular weight excluding hydrogens is 200 g/mol. The Morgan fingerprint density at radius 1 is 1.50 bits per heavy atom. The molecule has 0 fully saturated rings. The Hall–Kier alpha value is -1.31. The van der Waals surface area contributed by atoms with Gasteiger partial charge in [0.1, 0.15) is 0 Å². The number of esters is 1. The molecule has 0 aromatic heterocycles. The van der Waals surface area contributed by atoms with Gasteiger partial charge in [-0.15, -0.1) is 6.58 Å². The molecule has 0 amide bonds. The Balaban J connectivity index is 4.56. The van der Waals surface area contributed by atoms with Gasteiger partial charge in [0.15, 0.2) is 0 Å². The molecular formula is C14H22O2. The zero-order chi connectivity index (χ0) is 12.6. The standard InChI is InChI=1S/C14H22O2/c1-6-8-13(14(15)16-5)10-9-12(4)11(3)7-2/h6-7,10,12H,1,8-9H2,2-5H3/b11-7+,13-10+. The number of hydrogen-bond donors (Lipinski definition) is 0. The highest BCUT2D eigenvalue weighted by atomic mass is 16.5. The number of rotatable bonds is 6. The second-order valence-electron chi connectivity index (χ2n) is 3.88. The van der Waals surface area contributed by atoms with E-state index in [-0.39, 0.29) is 5.97 Å². The number of ether oxygens (including phenoxy) is 1. The van der Waals surface area contributed by atoms with Crippen molar-refractivity contribution in [1.82, 2.24) is 0 Å². The summed E-state index contributed by atoms with van der Waals surface area (Å²) in [7, 11) is 1.40. The molecule has 0 bridgehead atoms. The van der Waals surface area contributed by atoms with Gasteiger partial charge < -0.3 is 4.74 Å². The van der Waals surface area contributed by atoms with Gasteiger partial charge in [0.2, 0.25) is 0 Å². The van der Waals surface area contributed by atoms with E-state index in [4.69, 9.17) is 4.74 Å². The van der Waals surface area contributed by atoms with Crippen LogP contribution in [-0.2, 0) is 9.53 Å². The summed E-state index contributed by atoms with van der Waals surface area (Å²) in [6.07, 6.45) is 7.19. The maximum Gasteiger partial charge on any atom is 0.333 e. The van der Waals surface area contributed by atoms with Gasteiger partial charge in [-0.2, -0.15) is 0 Å². The molecule has 0 aliphatic carbocycles. The molecule has 0 N–H and O–H groups in total. The van der Waals surface area contributed by atoms with Crippen LogP contribution in [-0.4, -0.2) is 13.1 Å². The summed E-state index contributed by atoms with van der Waals surface area (Å²) in [5, 5.41) is 0.